The number of Topliss-reactive ketones (excluding diaryl/α,β-unsaturated/α-hetero) is 1. The molecular weight excluding hydrogens is 289 g/mol. The third kappa shape index (κ3) is 13.2. The molecule has 1 atom stereocenters. The molecule has 0 radical (unpaired) electrons. The number of ether oxygens (including phenoxy) is 1. The number of ketones is 1. The molecule has 0 aliphatic heterocycles. The Morgan fingerprint density at radius 3 is 2.31 bits per heavy atom. The minimum Gasteiger partial charge on any atom is -0.637 e. The first kappa shape index (κ1) is 16.6. The molecule has 0 bridgehead atoms. The van der Waals surface area contributed by atoms with Gasteiger partial charge in [-0.2, -0.15) is 6.61 Å². The summed E-state index contributed by atoms with van der Waals surface area (Å²) in [5.41, 5.74) is 0. The molecule has 13 heavy (non-hydrogen) atoms. The quantitative estimate of drug-likeness (QED) is 0.469. The molecule has 0 unspecified atom stereocenters. The number of rotatable bonds is 5. The first-order valence-corrected chi connectivity index (χ1v) is 4.02. The van der Waals surface area contributed by atoms with Crippen molar-refractivity contribution < 1.29 is 83.2 Å². The molecule has 70 valence electrons. The van der Waals surface area contributed by atoms with Crippen LogP contribution in [0.5, 0.6) is 0 Å². The summed E-state index contributed by atoms with van der Waals surface area (Å²) < 4.78 is 4.66. The topological polar surface area (TPSA) is 43.4 Å². The molecule has 0 fully saturated rings. The van der Waals surface area contributed by atoms with Gasteiger partial charge in [0.15, 0.2) is 0 Å². The summed E-state index contributed by atoms with van der Waals surface area (Å²) >= 11 is 0. The molecular formula is C9H15CsO3. The number of esters is 1. The molecule has 0 aliphatic rings. The third-order valence-corrected chi connectivity index (χ3v) is 1.42. The molecule has 0 aromatic carbocycles. The Morgan fingerprint density at radius 1 is 1.38 bits per heavy atom. The Morgan fingerprint density at radius 2 is 1.92 bits per heavy atom. The predicted octanol–water partition coefficient (Wildman–Crippen LogP) is -1.28. The molecule has 0 saturated heterocycles. The van der Waals surface area contributed by atoms with Crippen molar-refractivity contribution in [3.63, 3.8) is 0 Å². The van der Waals surface area contributed by atoms with E-state index >= 15 is 0 Å². The minimum atomic E-state index is -0.315. The second kappa shape index (κ2) is 9.74. The number of carbonyl (C=O) groups is 2. The van der Waals surface area contributed by atoms with Gasteiger partial charge in [0.05, 0.1) is 0 Å². The molecule has 0 aromatic heterocycles. The molecule has 0 spiro atoms. The van der Waals surface area contributed by atoms with Gasteiger partial charge in [0.2, 0.25) is 0 Å². The first-order chi connectivity index (χ1) is 5.52. The zero-order chi connectivity index (χ0) is 9.56. The van der Waals surface area contributed by atoms with Crippen molar-refractivity contribution in [3.8, 4) is 0 Å². The van der Waals surface area contributed by atoms with Gasteiger partial charge in [0, 0.05) is 13.3 Å². The van der Waals surface area contributed by atoms with E-state index in [1.54, 1.807) is 6.92 Å². The van der Waals surface area contributed by atoms with Crippen molar-refractivity contribution in [3.05, 3.63) is 6.61 Å². The van der Waals surface area contributed by atoms with E-state index < -0.39 is 0 Å². The van der Waals surface area contributed by atoms with Crippen LogP contribution in [0.2, 0.25) is 0 Å². The van der Waals surface area contributed by atoms with Crippen LogP contribution in [0.15, 0.2) is 0 Å². The van der Waals surface area contributed by atoms with Crippen LogP contribution >= 0.6 is 0 Å². The average molecular weight is 304 g/mol. The Balaban J connectivity index is 0. The van der Waals surface area contributed by atoms with E-state index in [4.69, 9.17) is 0 Å². The predicted molar refractivity (Wildman–Crippen MR) is 45.1 cm³/mol. The van der Waals surface area contributed by atoms with E-state index in [2.05, 4.69) is 4.74 Å². The van der Waals surface area contributed by atoms with Gasteiger partial charge >= 0.3 is 68.9 Å². The molecule has 0 rings (SSSR count). The van der Waals surface area contributed by atoms with Gasteiger partial charge < -0.3 is 9.53 Å². The summed E-state index contributed by atoms with van der Waals surface area (Å²) in [7, 11) is 0. The Labute approximate surface area is 138 Å². The Bertz CT molecular complexity index is 150. The van der Waals surface area contributed by atoms with Crippen LogP contribution in [-0.2, 0) is 14.3 Å². The molecule has 0 heterocycles. The zero-order valence-electron chi connectivity index (χ0n) is 8.79. The molecule has 0 N–H and O–H groups in total. The van der Waals surface area contributed by atoms with E-state index in [1.165, 1.54) is 13.5 Å². The summed E-state index contributed by atoms with van der Waals surface area (Å²) in [6, 6.07) is 0. The smallest absolute Gasteiger partial charge is 0.637 e. The average Bonchev–Trinajstić information content (AvgIpc) is 1.96. The van der Waals surface area contributed by atoms with E-state index in [9.17, 15) is 9.59 Å². The van der Waals surface area contributed by atoms with Crippen LogP contribution < -0.4 is 68.9 Å². The summed E-state index contributed by atoms with van der Waals surface area (Å²) in [6.45, 7) is 6.30. The Hall–Kier alpha value is 1.19. The van der Waals surface area contributed by atoms with Crippen molar-refractivity contribution >= 4 is 11.8 Å². The second-order valence-electron chi connectivity index (χ2n) is 2.96. The summed E-state index contributed by atoms with van der Waals surface area (Å²) in [4.78, 5) is 20.9. The van der Waals surface area contributed by atoms with Gasteiger partial charge in [-0.15, -0.1) is 5.92 Å². The maximum atomic E-state index is 10.6. The van der Waals surface area contributed by atoms with Crippen LogP contribution in [0.25, 0.3) is 0 Å². The number of carbonyl (C=O) groups excluding carboxylic acids is 2. The molecule has 4 heteroatoms. The summed E-state index contributed by atoms with van der Waals surface area (Å²) in [6.07, 6.45) is 1.28. The fraction of sp³-hybridized carbons (Fsp3) is 0.667. The largest absolute Gasteiger partial charge is 1.00 e. The van der Waals surface area contributed by atoms with Crippen LogP contribution in [-0.4, -0.2) is 11.8 Å². The van der Waals surface area contributed by atoms with E-state index in [-0.39, 0.29) is 86.6 Å². The van der Waals surface area contributed by atoms with Gasteiger partial charge in [-0.3, -0.25) is 4.79 Å². The van der Waals surface area contributed by atoms with Crippen LogP contribution in [0.1, 0.15) is 33.6 Å². The fourth-order valence-electron chi connectivity index (χ4n) is 0.711. The second-order valence-corrected chi connectivity index (χ2v) is 2.96. The molecule has 3 nitrogen and oxygen atoms in total. The summed E-state index contributed by atoms with van der Waals surface area (Å²) in [5.74, 6) is 0.000509. The van der Waals surface area contributed by atoms with Gasteiger partial charge in [-0.05, 0) is 6.92 Å². The van der Waals surface area contributed by atoms with Crippen molar-refractivity contribution in [1.29, 1.82) is 0 Å². The van der Waals surface area contributed by atoms with Crippen LogP contribution in [0.4, 0.5) is 0 Å². The van der Waals surface area contributed by atoms with E-state index in [1.807, 2.05) is 6.92 Å². The minimum absolute atomic E-state index is 0. The van der Waals surface area contributed by atoms with Crippen LogP contribution in [0.3, 0.4) is 0 Å². The normalized spacial score (nSPS) is 11.3. The maximum Gasteiger partial charge on any atom is 1.00 e. The number of hydrogen-bond acceptors (Lipinski definition) is 3. The number of hydrogen-bond donors (Lipinski definition) is 0. The molecule has 0 aromatic rings. The molecule has 0 saturated carbocycles. The summed E-state index contributed by atoms with van der Waals surface area (Å²) in [5, 5.41) is 0. The van der Waals surface area contributed by atoms with E-state index in [0.717, 1.165) is 6.42 Å². The molecule has 0 aliphatic carbocycles. The van der Waals surface area contributed by atoms with Crippen molar-refractivity contribution in [1.82, 2.24) is 0 Å². The van der Waals surface area contributed by atoms with Gasteiger partial charge in [0.1, 0.15) is 5.78 Å². The van der Waals surface area contributed by atoms with Gasteiger partial charge in [0.25, 0.3) is 5.97 Å². The van der Waals surface area contributed by atoms with Crippen molar-refractivity contribution in [2.75, 3.05) is 0 Å². The van der Waals surface area contributed by atoms with Gasteiger partial charge in [-0.1, -0.05) is 13.3 Å². The van der Waals surface area contributed by atoms with Crippen molar-refractivity contribution in [2.45, 2.75) is 33.6 Å². The van der Waals surface area contributed by atoms with Crippen LogP contribution in [0, 0.1) is 12.5 Å². The van der Waals surface area contributed by atoms with Crippen molar-refractivity contribution in [2.24, 2.45) is 5.92 Å². The monoisotopic (exact) mass is 304 g/mol. The SMILES string of the molecule is CC(=O)CC[C@@H](C)[CH-]OC(C)=O.[Cs+]. The zero-order valence-corrected chi connectivity index (χ0v) is 15.1. The maximum absolute atomic E-state index is 10.6. The standard InChI is InChI=1S/C9H15O3.Cs/c1-7(4-5-8(2)10)6-12-9(3)11;/h6-7H,4-5H2,1-3H3;/q-1;+1/t7-;/m1./s1. The van der Waals surface area contributed by atoms with E-state index in [0.29, 0.717) is 6.42 Å². The Kier molecular flexibility index (Phi) is 12.4. The van der Waals surface area contributed by atoms with Gasteiger partial charge in [-0.25, -0.2) is 0 Å². The molecule has 0 amide bonds. The first-order valence-electron chi connectivity index (χ1n) is 4.02. The fourth-order valence-corrected chi connectivity index (χ4v) is 0.711. The third-order valence-electron chi connectivity index (χ3n) is 1.42.